The summed E-state index contributed by atoms with van der Waals surface area (Å²) in [5.74, 6) is -0.509. The number of benzene rings is 2. The first-order chi connectivity index (χ1) is 11.2. The molecule has 116 valence electrons. The first-order valence-electron chi connectivity index (χ1n) is 7.14. The van der Waals surface area contributed by atoms with E-state index < -0.39 is 5.97 Å². The number of nitrogens with zero attached hydrogens (tertiary/aromatic N) is 2. The second-order valence-electron chi connectivity index (χ2n) is 4.77. The van der Waals surface area contributed by atoms with Crippen molar-refractivity contribution in [1.29, 1.82) is 0 Å². The molecule has 0 aliphatic carbocycles. The number of rotatable bonds is 4. The molecule has 0 atom stereocenters. The average Bonchev–Trinajstić information content (AvgIpc) is 3.05. The number of H-pyrrole nitrogens is 1. The summed E-state index contributed by atoms with van der Waals surface area (Å²) in [6.07, 6.45) is 0. The largest absolute Gasteiger partial charge is 0.461 e. The van der Waals surface area contributed by atoms with Gasteiger partial charge in [0.1, 0.15) is 5.69 Å². The topological polar surface area (TPSA) is 67.9 Å². The monoisotopic (exact) mass is 327 g/mol. The van der Waals surface area contributed by atoms with Crippen molar-refractivity contribution in [2.45, 2.75) is 6.92 Å². The van der Waals surface area contributed by atoms with E-state index in [1.165, 1.54) is 0 Å². The van der Waals surface area contributed by atoms with Crippen molar-refractivity contribution < 1.29 is 9.53 Å². The Hall–Kier alpha value is -2.66. The summed E-state index contributed by atoms with van der Waals surface area (Å²) in [5, 5.41) is 11.2. The Labute approximate surface area is 138 Å². The summed E-state index contributed by atoms with van der Waals surface area (Å²) in [6, 6.07) is 15.1. The zero-order chi connectivity index (χ0) is 16.2. The van der Waals surface area contributed by atoms with Crippen molar-refractivity contribution in [2.24, 2.45) is 0 Å². The molecule has 0 saturated heterocycles. The molecule has 0 radical (unpaired) electrons. The zero-order valence-corrected chi connectivity index (χ0v) is 13.2. The normalized spacial score (nSPS) is 10.5. The van der Waals surface area contributed by atoms with Crippen LogP contribution >= 0.6 is 11.6 Å². The fraction of sp³-hybridized carbons (Fsp3) is 0.118. The quantitative estimate of drug-likeness (QED) is 0.736. The standard InChI is InChI=1S/C17H14ClN3O2/c1-2-23-17(22)16-15(19-21-20-16)13-9-4-3-7-11(13)12-8-5-6-10-14(12)18/h3-10H,2H2,1H3,(H,19,20,21). The minimum absolute atomic E-state index is 0.159. The van der Waals surface area contributed by atoms with Gasteiger partial charge in [-0.3, -0.25) is 0 Å². The molecule has 0 spiro atoms. The first kappa shape index (κ1) is 15.2. The van der Waals surface area contributed by atoms with E-state index in [-0.39, 0.29) is 12.3 Å². The van der Waals surface area contributed by atoms with Gasteiger partial charge in [-0.1, -0.05) is 54.1 Å². The van der Waals surface area contributed by atoms with Crippen molar-refractivity contribution >= 4 is 17.6 Å². The van der Waals surface area contributed by atoms with Crippen LogP contribution in [-0.4, -0.2) is 28.0 Å². The van der Waals surface area contributed by atoms with Crippen molar-refractivity contribution in [3.8, 4) is 22.4 Å². The van der Waals surface area contributed by atoms with Crippen LogP contribution in [0.4, 0.5) is 0 Å². The van der Waals surface area contributed by atoms with Crippen LogP contribution in [0.1, 0.15) is 17.4 Å². The van der Waals surface area contributed by atoms with Crippen molar-refractivity contribution in [3.63, 3.8) is 0 Å². The molecule has 0 aliphatic heterocycles. The van der Waals surface area contributed by atoms with Gasteiger partial charge in [-0.25, -0.2) is 4.79 Å². The van der Waals surface area contributed by atoms with E-state index in [2.05, 4.69) is 15.4 Å². The van der Waals surface area contributed by atoms with Gasteiger partial charge in [-0.15, -0.1) is 5.10 Å². The molecule has 0 aliphatic rings. The molecule has 1 aromatic heterocycles. The van der Waals surface area contributed by atoms with E-state index in [1.807, 2.05) is 48.5 Å². The third-order valence-electron chi connectivity index (χ3n) is 3.36. The number of carbonyl (C=O) groups is 1. The number of ether oxygens (including phenoxy) is 1. The molecule has 0 saturated carbocycles. The maximum absolute atomic E-state index is 12.0. The molecule has 6 heteroatoms. The number of nitrogens with one attached hydrogen (secondary N) is 1. The molecule has 23 heavy (non-hydrogen) atoms. The molecular weight excluding hydrogens is 314 g/mol. The third kappa shape index (κ3) is 2.96. The zero-order valence-electron chi connectivity index (χ0n) is 12.4. The molecule has 5 nitrogen and oxygen atoms in total. The Morgan fingerprint density at radius 3 is 2.39 bits per heavy atom. The van der Waals surface area contributed by atoms with Crippen LogP contribution in [0, 0.1) is 0 Å². The SMILES string of the molecule is CCOC(=O)c1n[nH]nc1-c1ccccc1-c1ccccc1Cl. The number of hydrogen-bond acceptors (Lipinski definition) is 4. The van der Waals surface area contributed by atoms with Gasteiger partial charge in [0.2, 0.25) is 0 Å². The Balaban J connectivity index is 2.15. The van der Waals surface area contributed by atoms with Crippen LogP contribution in [0.5, 0.6) is 0 Å². The Bertz CT molecular complexity index is 845. The summed E-state index contributed by atoms with van der Waals surface area (Å²) >= 11 is 6.31. The van der Waals surface area contributed by atoms with Crippen LogP contribution in [0.2, 0.25) is 5.02 Å². The van der Waals surface area contributed by atoms with E-state index in [0.717, 1.165) is 16.7 Å². The number of carbonyl (C=O) groups excluding carboxylic acids is 1. The number of esters is 1. The minimum atomic E-state index is -0.509. The summed E-state index contributed by atoms with van der Waals surface area (Å²) in [6.45, 7) is 2.02. The molecular formula is C17H14ClN3O2. The van der Waals surface area contributed by atoms with E-state index in [0.29, 0.717) is 10.7 Å². The molecule has 0 unspecified atom stereocenters. The van der Waals surface area contributed by atoms with Crippen LogP contribution in [0.3, 0.4) is 0 Å². The maximum Gasteiger partial charge on any atom is 0.361 e. The van der Waals surface area contributed by atoms with Crippen molar-refractivity contribution in [2.75, 3.05) is 6.61 Å². The fourth-order valence-corrected chi connectivity index (χ4v) is 2.60. The lowest BCUT2D eigenvalue weighted by atomic mass is 9.97. The Morgan fingerprint density at radius 2 is 1.70 bits per heavy atom. The minimum Gasteiger partial charge on any atom is -0.461 e. The molecule has 3 aromatic rings. The summed E-state index contributed by atoms with van der Waals surface area (Å²) in [4.78, 5) is 12.0. The summed E-state index contributed by atoms with van der Waals surface area (Å²) < 4.78 is 5.03. The number of aromatic amines is 1. The third-order valence-corrected chi connectivity index (χ3v) is 3.69. The van der Waals surface area contributed by atoms with Gasteiger partial charge in [-0.05, 0) is 18.6 Å². The van der Waals surface area contributed by atoms with Gasteiger partial charge in [0, 0.05) is 16.1 Å². The van der Waals surface area contributed by atoms with Gasteiger partial charge < -0.3 is 4.74 Å². The van der Waals surface area contributed by atoms with E-state index in [1.54, 1.807) is 6.92 Å². The van der Waals surface area contributed by atoms with E-state index in [9.17, 15) is 4.79 Å². The van der Waals surface area contributed by atoms with Gasteiger partial charge >= 0.3 is 5.97 Å². The molecule has 3 rings (SSSR count). The predicted molar refractivity (Wildman–Crippen MR) is 88.2 cm³/mol. The maximum atomic E-state index is 12.0. The summed E-state index contributed by atoms with van der Waals surface area (Å²) in [5.41, 5.74) is 3.10. The molecule has 1 heterocycles. The lowest BCUT2D eigenvalue weighted by molar-refractivity contribution is 0.0520. The lowest BCUT2D eigenvalue weighted by Crippen LogP contribution is -2.07. The van der Waals surface area contributed by atoms with Gasteiger partial charge in [0.05, 0.1) is 6.61 Å². The Morgan fingerprint density at radius 1 is 1.04 bits per heavy atom. The number of aromatic nitrogens is 3. The highest BCUT2D eigenvalue weighted by molar-refractivity contribution is 6.33. The van der Waals surface area contributed by atoms with Crippen LogP contribution < -0.4 is 0 Å². The van der Waals surface area contributed by atoms with Crippen molar-refractivity contribution in [3.05, 3.63) is 59.2 Å². The lowest BCUT2D eigenvalue weighted by Gasteiger charge is -2.10. The van der Waals surface area contributed by atoms with Gasteiger partial charge in [0.25, 0.3) is 0 Å². The number of halogens is 1. The van der Waals surface area contributed by atoms with Gasteiger partial charge in [-0.2, -0.15) is 10.3 Å². The van der Waals surface area contributed by atoms with Gasteiger partial charge in [0.15, 0.2) is 5.69 Å². The summed E-state index contributed by atoms with van der Waals surface area (Å²) in [7, 11) is 0. The first-order valence-corrected chi connectivity index (χ1v) is 7.52. The molecule has 0 bridgehead atoms. The second-order valence-corrected chi connectivity index (χ2v) is 5.17. The molecule has 1 N–H and O–H groups in total. The van der Waals surface area contributed by atoms with E-state index >= 15 is 0 Å². The fourth-order valence-electron chi connectivity index (χ4n) is 2.36. The molecule has 2 aromatic carbocycles. The van der Waals surface area contributed by atoms with E-state index in [4.69, 9.17) is 16.3 Å². The number of hydrogen-bond donors (Lipinski definition) is 1. The van der Waals surface area contributed by atoms with Crippen LogP contribution in [-0.2, 0) is 4.74 Å². The Kier molecular flexibility index (Phi) is 4.39. The predicted octanol–water partition coefficient (Wildman–Crippen LogP) is 3.97. The highest BCUT2D eigenvalue weighted by Gasteiger charge is 2.21. The molecule has 0 fully saturated rings. The highest BCUT2D eigenvalue weighted by atomic mass is 35.5. The average molecular weight is 328 g/mol. The highest BCUT2D eigenvalue weighted by Crippen LogP contribution is 2.35. The van der Waals surface area contributed by atoms with Crippen molar-refractivity contribution in [1.82, 2.24) is 15.4 Å². The second kappa shape index (κ2) is 6.62. The van der Waals surface area contributed by atoms with Crippen LogP contribution in [0.15, 0.2) is 48.5 Å². The van der Waals surface area contributed by atoms with Crippen LogP contribution in [0.25, 0.3) is 22.4 Å². The smallest absolute Gasteiger partial charge is 0.361 e. The molecule has 0 amide bonds.